The summed E-state index contributed by atoms with van der Waals surface area (Å²) in [6.45, 7) is 14.2. The lowest BCUT2D eigenvalue weighted by Gasteiger charge is -2.53. The summed E-state index contributed by atoms with van der Waals surface area (Å²) in [6.07, 6.45) is 9.21. The lowest BCUT2D eigenvalue weighted by Crippen LogP contribution is -2.57. The molecule has 16 nitrogen and oxygen atoms in total. The van der Waals surface area contributed by atoms with Crippen molar-refractivity contribution >= 4 is 35.5 Å². The molecule has 1 aliphatic heterocycles. The van der Waals surface area contributed by atoms with Gasteiger partial charge in [0.05, 0.1) is 67.9 Å². The van der Waals surface area contributed by atoms with E-state index >= 15 is 0 Å². The summed E-state index contributed by atoms with van der Waals surface area (Å²) in [6, 6.07) is 12.2. The van der Waals surface area contributed by atoms with E-state index in [-0.39, 0.29) is 62.3 Å². The number of carbonyl (C=O) groups excluding carboxylic acids is 3. The number of β-amino-alcohol motifs (C(OH)–C–C–N with tert-alkyl or cyclic N) is 1. The maximum atomic E-state index is 14.0. The standard InChI is InChI=1S/C55H81N5O9S.CH2O2/c1-36-50(70-35-57-36)38-13-11-37(12-14-38)33-56-52(65)46-32-42(62)34-60(46)53(66)51(54(2,3)4)58-48(64)20-24-67-26-28-69-29-27-68-25-23-59(6)22-9-7-8-10-39-30-40-31-41(61)15-16-43(40)44-19-21-55(5)45(49(39)44)17-18-47(55)63;2-1-3/h11-16,31,35,39,42,44-47,49,51,61-63H,7-10,17-30,32-34H2,1-6H3,(H,56,65)(H,58,64);1H,(H,2,3)/t39-,42-,44-,45+,46+,47+,49-,51-,55+;/m1./s1. The van der Waals surface area contributed by atoms with Crippen molar-refractivity contribution in [2.24, 2.45) is 28.6 Å². The number of hydrogen-bond acceptors (Lipinski definition) is 13. The second-order valence-electron chi connectivity index (χ2n) is 22.1. The van der Waals surface area contributed by atoms with Crippen molar-refractivity contribution in [3.63, 3.8) is 0 Å². The van der Waals surface area contributed by atoms with Crippen LogP contribution in [0.3, 0.4) is 0 Å². The second kappa shape index (κ2) is 27.3. The lowest BCUT2D eigenvalue weighted by molar-refractivity contribution is -0.144. The normalized spacial score (nSPS) is 24.7. The van der Waals surface area contributed by atoms with Crippen LogP contribution in [0, 0.1) is 35.5 Å². The molecule has 0 bridgehead atoms. The van der Waals surface area contributed by atoms with E-state index in [1.165, 1.54) is 35.3 Å². The molecule has 1 saturated heterocycles. The van der Waals surface area contributed by atoms with Gasteiger partial charge in [-0.05, 0) is 134 Å². The number of aliphatic hydroxyl groups excluding tert-OH is 2. The molecule has 1 aromatic heterocycles. The minimum Gasteiger partial charge on any atom is -0.508 e. The number of unbranched alkanes of at least 4 members (excludes halogenated alkanes) is 2. The molecule has 404 valence electrons. The van der Waals surface area contributed by atoms with Gasteiger partial charge >= 0.3 is 0 Å². The topological polar surface area (TPSA) is 220 Å². The molecule has 3 aliphatic carbocycles. The highest BCUT2D eigenvalue weighted by Crippen LogP contribution is 2.62. The van der Waals surface area contributed by atoms with E-state index in [1.54, 1.807) is 11.3 Å². The number of phenols is 1. The molecule has 0 radical (unpaired) electrons. The summed E-state index contributed by atoms with van der Waals surface area (Å²) in [4.78, 5) is 58.0. The quantitative estimate of drug-likeness (QED) is 0.0407. The van der Waals surface area contributed by atoms with Crippen molar-refractivity contribution in [1.29, 1.82) is 0 Å². The van der Waals surface area contributed by atoms with Crippen LogP contribution in [-0.2, 0) is 46.4 Å². The molecule has 17 heteroatoms. The van der Waals surface area contributed by atoms with Crippen molar-refractivity contribution in [3.05, 3.63) is 70.4 Å². The van der Waals surface area contributed by atoms with E-state index in [0.29, 0.717) is 62.5 Å². The van der Waals surface area contributed by atoms with Crippen LogP contribution >= 0.6 is 11.3 Å². The number of carbonyl (C=O) groups is 4. The Bertz CT molecular complexity index is 2240. The fraction of sp³-hybridized carbons (Fsp3) is 0.661. The summed E-state index contributed by atoms with van der Waals surface area (Å²) in [5, 5.41) is 44.6. The minimum atomic E-state index is -0.911. The van der Waals surface area contributed by atoms with Gasteiger partial charge < -0.3 is 55.1 Å². The maximum absolute atomic E-state index is 14.0. The molecule has 3 aromatic rings. The molecule has 9 atom stereocenters. The molecule has 73 heavy (non-hydrogen) atoms. The Kier molecular flexibility index (Phi) is 21.6. The Morgan fingerprint density at radius 1 is 0.959 bits per heavy atom. The second-order valence-corrected chi connectivity index (χ2v) is 22.9. The van der Waals surface area contributed by atoms with Gasteiger partial charge in [-0.1, -0.05) is 70.9 Å². The highest BCUT2D eigenvalue weighted by atomic mass is 32.1. The predicted molar refractivity (Wildman–Crippen MR) is 281 cm³/mol. The zero-order valence-corrected chi connectivity index (χ0v) is 44.9. The smallest absolute Gasteiger partial charge is 0.290 e. The van der Waals surface area contributed by atoms with Crippen LogP contribution in [0.15, 0.2) is 48.0 Å². The zero-order chi connectivity index (χ0) is 52.7. The number of aromatic nitrogens is 1. The number of nitrogens with zero attached hydrogens (tertiary/aromatic N) is 3. The van der Waals surface area contributed by atoms with Crippen LogP contribution in [-0.4, -0.2) is 150 Å². The molecule has 2 saturated carbocycles. The van der Waals surface area contributed by atoms with Gasteiger partial charge in [-0.15, -0.1) is 11.3 Å². The first-order chi connectivity index (χ1) is 34.9. The number of likely N-dealkylation sites (N-methyl/N-ethyl adjacent to an activating group) is 1. The SMILES string of the molecule is Cc1ncsc1-c1ccc(CNC(=O)[C@@H]2C[C@@H](O)CN2C(=O)[C@@H](NC(=O)CCOCCOCCOCCN(C)CCCCC[C@@H]2Cc3cc(O)ccc3[C@H]3CC[C@]4(C)[C@@H](O)CC[C@H]4[C@H]23)C(C)(C)C)cc1.O=CO. The highest BCUT2D eigenvalue weighted by Gasteiger charge is 2.56. The third kappa shape index (κ3) is 15.5. The maximum Gasteiger partial charge on any atom is 0.290 e. The third-order valence-electron chi connectivity index (χ3n) is 16.0. The van der Waals surface area contributed by atoms with Gasteiger partial charge in [0.1, 0.15) is 17.8 Å². The van der Waals surface area contributed by atoms with Gasteiger partial charge in [-0.3, -0.25) is 19.2 Å². The number of fused-ring (bicyclic) bond motifs is 5. The molecule has 7 rings (SSSR count). The number of phenolic OH excluding ortho intramolecular Hbond substituents is 1. The van der Waals surface area contributed by atoms with Crippen LogP contribution < -0.4 is 10.6 Å². The van der Waals surface area contributed by atoms with Gasteiger partial charge in [0.25, 0.3) is 6.47 Å². The number of nitrogens with one attached hydrogen (secondary N) is 2. The van der Waals surface area contributed by atoms with Crippen molar-refractivity contribution in [2.75, 3.05) is 66.3 Å². The molecular weight excluding hydrogens is 951 g/mol. The summed E-state index contributed by atoms with van der Waals surface area (Å²) in [7, 11) is 2.14. The third-order valence-corrected chi connectivity index (χ3v) is 17.0. The number of aliphatic hydroxyl groups is 2. The monoisotopic (exact) mass is 1030 g/mol. The number of amides is 3. The fourth-order valence-corrected chi connectivity index (χ4v) is 12.9. The van der Waals surface area contributed by atoms with Crippen LogP contribution in [0.5, 0.6) is 5.75 Å². The number of carboxylic acid groups (broad SMARTS) is 1. The van der Waals surface area contributed by atoms with Crippen molar-refractivity contribution < 1.29 is 53.8 Å². The zero-order valence-electron chi connectivity index (χ0n) is 44.1. The van der Waals surface area contributed by atoms with Crippen molar-refractivity contribution in [2.45, 2.75) is 142 Å². The molecule has 0 spiro atoms. The number of thiazole rings is 1. The fourth-order valence-electron chi connectivity index (χ4n) is 12.0. The van der Waals surface area contributed by atoms with E-state index in [4.69, 9.17) is 24.1 Å². The minimum absolute atomic E-state index is 0.00896. The Morgan fingerprint density at radius 3 is 2.34 bits per heavy atom. The average molecular weight is 1030 g/mol. The molecule has 2 heterocycles. The Hall–Kier alpha value is -4.49. The summed E-state index contributed by atoms with van der Waals surface area (Å²) >= 11 is 1.58. The van der Waals surface area contributed by atoms with Crippen LogP contribution in [0.2, 0.25) is 0 Å². The van der Waals surface area contributed by atoms with Crippen LogP contribution in [0.4, 0.5) is 0 Å². The predicted octanol–water partition coefficient (Wildman–Crippen LogP) is 6.71. The van der Waals surface area contributed by atoms with Gasteiger partial charge in [0.2, 0.25) is 17.7 Å². The highest BCUT2D eigenvalue weighted by molar-refractivity contribution is 7.13. The van der Waals surface area contributed by atoms with E-state index < -0.39 is 29.5 Å². The van der Waals surface area contributed by atoms with E-state index in [0.717, 1.165) is 73.3 Å². The number of ether oxygens (including phenoxy) is 3. The Labute approximate surface area is 436 Å². The number of likely N-dealkylation sites (tertiary alicyclic amines) is 1. The molecular formula is C56H83N5O11S. The van der Waals surface area contributed by atoms with Gasteiger partial charge in [-0.2, -0.15) is 0 Å². The number of aromatic hydroxyl groups is 1. The first-order valence-corrected chi connectivity index (χ1v) is 27.4. The Morgan fingerprint density at radius 2 is 1.66 bits per heavy atom. The van der Waals surface area contributed by atoms with E-state index in [1.807, 2.05) is 69.6 Å². The summed E-state index contributed by atoms with van der Waals surface area (Å²) in [5.41, 5.74) is 6.93. The van der Waals surface area contributed by atoms with E-state index in [2.05, 4.69) is 40.6 Å². The van der Waals surface area contributed by atoms with E-state index in [9.17, 15) is 29.7 Å². The van der Waals surface area contributed by atoms with Gasteiger partial charge in [-0.25, -0.2) is 4.98 Å². The van der Waals surface area contributed by atoms with Gasteiger partial charge in [0.15, 0.2) is 0 Å². The molecule has 2 aromatic carbocycles. The van der Waals surface area contributed by atoms with Gasteiger partial charge in [0, 0.05) is 32.5 Å². The molecule has 0 unspecified atom stereocenters. The van der Waals surface area contributed by atoms with Crippen molar-refractivity contribution in [3.8, 4) is 16.2 Å². The molecule has 3 fully saturated rings. The molecule has 3 amide bonds. The van der Waals surface area contributed by atoms with Crippen molar-refractivity contribution in [1.82, 2.24) is 25.4 Å². The Balaban J connectivity index is 0.00000283. The summed E-state index contributed by atoms with van der Waals surface area (Å²) < 4.78 is 17.2. The lowest BCUT2D eigenvalue weighted by atomic mass is 9.52. The number of hydrogen-bond donors (Lipinski definition) is 6. The number of rotatable bonds is 24. The number of benzene rings is 2. The van der Waals surface area contributed by atoms with Crippen LogP contribution in [0.25, 0.3) is 10.4 Å². The molecule has 6 N–H and O–H groups in total. The largest absolute Gasteiger partial charge is 0.508 e. The average Bonchev–Trinajstić information content (AvgIpc) is 4.06. The summed E-state index contributed by atoms with van der Waals surface area (Å²) in [5.74, 6) is 1.62. The molecule has 4 aliphatic rings. The first-order valence-electron chi connectivity index (χ1n) is 26.5. The van der Waals surface area contributed by atoms with Crippen LogP contribution in [0.1, 0.15) is 120 Å². The first kappa shape index (κ1) is 57.8. The number of aryl methyl sites for hydroxylation is 1.